The number of rotatable bonds is 4. The van der Waals surface area contributed by atoms with E-state index < -0.39 is 0 Å². The molecule has 0 aromatic carbocycles. The monoisotopic (exact) mass is 229 g/mol. The highest BCUT2D eigenvalue weighted by atomic mass is 35.5. The maximum absolute atomic E-state index is 8.81. The fourth-order valence-electron chi connectivity index (χ4n) is 1.17. The van der Waals surface area contributed by atoms with Crippen LogP contribution in [0.1, 0.15) is 31.6 Å². The van der Waals surface area contributed by atoms with Crippen molar-refractivity contribution in [1.29, 1.82) is 5.26 Å². The minimum absolute atomic E-state index is 0.357. The van der Waals surface area contributed by atoms with Crippen molar-refractivity contribution in [3.05, 3.63) is 10.0 Å². The van der Waals surface area contributed by atoms with Crippen LogP contribution in [0.5, 0.6) is 0 Å². The van der Waals surface area contributed by atoms with E-state index in [1.54, 1.807) is 0 Å². The lowest BCUT2D eigenvalue weighted by molar-refractivity contribution is 0.672. The van der Waals surface area contributed by atoms with Gasteiger partial charge in [-0.25, -0.2) is 0 Å². The number of hydrogen-bond acceptors (Lipinski definition) is 4. The zero-order valence-electron chi connectivity index (χ0n) is 8.17. The fourth-order valence-corrected chi connectivity index (χ4v) is 2.03. The van der Waals surface area contributed by atoms with Crippen molar-refractivity contribution in [3.63, 3.8) is 0 Å². The molecule has 5 heteroatoms. The van der Waals surface area contributed by atoms with Gasteiger partial charge in [-0.3, -0.25) is 0 Å². The molecule has 14 heavy (non-hydrogen) atoms. The number of nitrogens with one attached hydrogen (secondary N) is 1. The van der Waals surface area contributed by atoms with Crippen molar-refractivity contribution in [1.82, 2.24) is 4.37 Å². The van der Waals surface area contributed by atoms with Gasteiger partial charge >= 0.3 is 0 Å². The normalized spacial score (nSPS) is 10.2. The van der Waals surface area contributed by atoms with E-state index in [0.717, 1.165) is 24.4 Å². The maximum Gasteiger partial charge on any atom is 0.167 e. The molecule has 0 amide bonds. The maximum atomic E-state index is 8.81. The number of nitrogens with zero attached hydrogens (tertiary/aromatic N) is 2. The van der Waals surface area contributed by atoms with Crippen molar-refractivity contribution in [2.45, 2.75) is 32.7 Å². The molecule has 0 aliphatic carbocycles. The zero-order valence-corrected chi connectivity index (χ0v) is 9.74. The van der Waals surface area contributed by atoms with Crippen molar-refractivity contribution in [3.8, 4) is 6.07 Å². The van der Waals surface area contributed by atoms with Crippen LogP contribution < -0.4 is 5.32 Å². The molecule has 0 aliphatic heterocycles. The molecule has 1 aromatic heterocycles. The van der Waals surface area contributed by atoms with E-state index in [1.807, 2.05) is 0 Å². The Morgan fingerprint density at radius 3 is 2.71 bits per heavy atom. The first-order valence-corrected chi connectivity index (χ1v) is 5.69. The smallest absolute Gasteiger partial charge is 0.167 e. The molecule has 1 N–H and O–H groups in total. The van der Waals surface area contributed by atoms with Gasteiger partial charge in [0.15, 0.2) is 5.15 Å². The summed E-state index contributed by atoms with van der Waals surface area (Å²) in [7, 11) is 0. The molecule has 1 aromatic rings. The SMILES string of the molecule is CCC(CC)Nc1c(Cl)nsc1C#N. The lowest BCUT2D eigenvalue weighted by Crippen LogP contribution is -2.17. The van der Waals surface area contributed by atoms with Gasteiger partial charge in [0.25, 0.3) is 0 Å². The van der Waals surface area contributed by atoms with Crippen LogP contribution in [0.4, 0.5) is 5.69 Å². The van der Waals surface area contributed by atoms with Crippen LogP contribution >= 0.6 is 23.1 Å². The van der Waals surface area contributed by atoms with Gasteiger partial charge in [0.05, 0.1) is 0 Å². The molecule has 0 atom stereocenters. The molecule has 0 saturated heterocycles. The van der Waals surface area contributed by atoms with E-state index in [9.17, 15) is 0 Å². The molecule has 3 nitrogen and oxygen atoms in total. The van der Waals surface area contributed by atoms with Crippen LogP contribution in [0.25, 0.3) is 0 Å². The lowest BCUT2D eigenvalue weighted by Gasteiger charge is -2.14. The van der Waals surface area contributed by atoms with E-state index in [-0.39, 0.29) is 0 Å². The summed E-state index contributed by atoms with van der Waals surface area (Å²) in [6.45, 7) is 4.20. The third kappa shape index (κ3) is 2.37. The summed E-state index contributed by atoms with van der Waals surface area (Å²) in [5.41, 5.74) is 0.688. The third-order valence-corrected chi connectivity index (χ3v) is 3.21. The first-order valence-electron chi connectivity index (χ1n) is 4.54. The largest absolute Gasteiger partial charge is 0.378 e. The van der Waals surface area contributed by atoms with Crippen LogP contribution in [0.3, 0.4) is 0 Å². The van der Waals surface area contributed by atoms with E-state index in [0.29, 0.717) is 21.8 Å². The highest BCUT2D eigenvalue weighted by molar-refractivity contribution is 7.07. The molecule has 0 aliphatic rings. The van der Waals surface area contributed by atoms with Gasteiger partial charge in [0, 0.05) is 6.04 Å². The Balaban J connectivity index is 2.84. The molecule has 0 saturated carbocycles. The molecule has 1 rings (SSSR count). The Labute approximate surface area is 92.9 Å². The molecular formula is C9H12ClN3S. The molecular weight excluding hydrogens is 218 g/mol. The summed E-state index contributed by atoms with van der Waals surface area (Å²) >= 11 is 7.00. The van der Waals surface area contributed by atoms with Crippen LogP contribution in [0.2, 0.25) is 5.15 Å². The predicted molar refractivity (Wildman–Crippen MR) is 59.8 cm³/mol. The lowest BCUT2D eigenvalue weighted by atomic mass is 10.1. The minimum atomic E-state index is 0.357. The first-order chi connectivity index (χ1) is 6.72. The van der Waals surface area contributed by atoms with Gasteiger partial charge in [0.2, 0.25) is 0 Å². The molecule has 0 unspecified atom stereocenters. The Bertz CT molecular complexity index is 338. The minimum Gasteiger partial charge on any atom is -0.378 e. The first kappa shape index (κ1) is 11.3. The van der Waals surface area contributed by atoms with E-state index in [1.165, 1.54) is 0 Å². The molecule has 0 bridgehead atoms. The molecule has 0 radical (unpaired) electrons. The Morgan fingerprint density at radius 1 is 1.57 bits per heavy atom. The van der Waals surface area contributed by atoms with Crippen LogP contribution in [0.15, 0.2) is 0 Å². The highest BCUT2D eigenvalue weighted by Gasteiger charge is 2.14. The number of hydrogen-bond donors (Lipinski definition) is 1. The van der Waals surface area contributed by atoms with Crippen LogP contribution in [-0.4, -0.2) is 10.4 Å². The van der Waals surface area contributed by atoms with E-state index in [2.05, 4.69) is 29.6 Å². The standard InChI is InChI=1S/C9H12ClN3S/c1-3-6(4-2)12-8-7(5-11)14-13-9(8)10/h6,12H,3-4H2,1-2H3. The van der Waals surface area contributed by atoms with Gasteiger partial charge in [-0.1, -0.05) is 25.4 Å². The zero-order chi connectivity index (χ0) is 10.6. The fraction of sp³-hybridized carbons (Fsp3) is 0.556. The van der Waals surface area contributed by atoms with Crippen molar-refractivity contribution < 1.29 is 0 Å². The van der Waals surface area contributed by atoms with E-state index >= 15 is 0 Å². The Hall–Kier alpha value is -0.790. The van der Waals surface area contributed by atoms with Crippen LogP contribution in [-0.2, 0) is 0 Å². The number of nitriles is 1. The number of anilines is 1. The summed E-state index contributed by atoms with van der Waals surface area (Å²) in [6.07, 6.45) is 2.01. The second kappa shape index (κ2) is 5.18. The molecule has 1 heterocycles. The predicted octanol–water partition coefficient (Wildman–Crippen LogP) is 3.27. The van der Waals surface area contributed by atoms with Gasteiger partial charge in [-0.05, 0) is 24.4 Å². The molecule has 76 valence electrons. The van der Waals surface area contributed by atoms with Gasteiger partial charge < -0.3 is 5.32 Å². The van der Waals surface area contributed by atoms with Crippen LogP contribution in [0, 0.1) is 11.3 Å². The second-order valence-corrected chi connectivity index (χ2v) is 4.08. The average Bonchev–Trinajstić information content (AvgIpc) is 2.56. The topological polar surface area (TPSA) is 48.7 Å². The average molecular weight is 230 g/mol. The third-order valence-electron chi connectivity index (χ3n) is 2.09. The summed E-state index contributed by atoms with van der Waals surface area (Å²) in [5.74, 6) is 0. The Morgan fingerprint density at radius 2 is 2.21 bits per heavy atom. The molecule has 0 spiro atoms. The summed E-state index contributed by atoms with van der Waals surface area (Å²) in [5, 5.41) is 12.5. The van der Waals surface area contributed by atoms with Gasteiger partial charge in [0.1, 0.15) is 16.6 Å². The summed E-state index contributed by atoms with van der Waals surface area (Å²) < 4.78 is 3.93. The summed E-state index contributed by atoms with van der Waals surface area (Å²) in [6, 6.07) is 2.44. The van der Waals surface area contributed by atoms with Gasteiger partial charge in [-0.2, -0.15) is 9.64 Å². The van der Waals surface area contributed by atoms with Crippen molar-refractivity contribution in [2.75, 3.05) is 5.32 Å². The van der Waals surface area contributed by atoms with Crippen molar-refractivity contribution >= 4 is 28.8 Å². The van der Waals surface area contributed by atoms with Crippen molar-refractivity contribution in [2.24, 2.45) is 0 Å². The number of halogens is 1. The molecule has 0 fully saturated rings. The van der Waals surface area contributed by atoms with Gasteiger partial charge in [-0.15, -0.1) is 0 Å². The quantitative estimate of drug-likeness (QED) is 0.862. The number of aromatic nitrogens is 1. The second-order valence-electron chi connectivity index (χ2n) is 2.95. The van der Waals surface area contributed by atoms with E-state index in [4.69, 9.17) is 16.9 Å². The Kier molecular flexibility index (Phi) is 4.18. The highest BCUT2D eigenvalue weighted by Crippen LogP contribution is 2.29. The summed E-state index contributed by atoms with van der Waals surface area (Å²) in [4.78, 5) is 0.557.